The second-order valence-electron chi connectivity index (χ2n) is 3.69. The molecule has 1 aromatic rings. The van der Waals surface area contributed by atoms with Crippen molar-refractivity contribution >= 4 is 10.1 Å². The van der Waals surface area contributed by atoms with Gasteiger partial charge in [-0.05, 0) is 30.1 Å². The summed E-state index contributed by atoms with van der Waals surface area (Å²) in [5.41, 5.74) is 16.5. The maximum atomic E-state index is 11.5. The number of azide groups is 2. The molecule has 9 nitrogen and oxygen atoms in total. The van der Waals surface area contributed by atoms with Crippen molar-refractivity contribution in [3.63, 3.8) is 0 Å². The molecule has 0 radical (unpaired) electrons. The first-order valence-electron chi connectivity index (χ1n) is 6.01. The largest absolute Gasteiger partial charge is 0.296 e. The molecule has 120 valence electrons. The Labute approximate surface area is 127 Å². The van der Waals surface area contributed by atoms with Crippen LogP contribution in [0.4, 0.5) is 4.39 Å². The molecule has 0 spiro atoms. The van der Waals surface area contributed by atoms with E-state index >= 15 is 0 Å². The van der Waals surface area contributed by atoms with Crippen LogP contribution in [0.3, 0.4) is 0 Å². The molecule has 0 unspecified atom stereocenters. The molecular formula is C11H15FN6O3S. The van der Waals surface area contributed by atoms with Crippen molar-refractivity contribution in [1.29, 1.82) is 0 Å². The van der Waals surface area contributed by atoms with Crippen LogP contribution in [0, 0.1) is 6.92 Å². The fraction of sp³-hybridized carbons (Fsp3) is 0.455. The Bertz CT molecular complexity index is 636. The Morgan fingerprint density at radius 2 is 1.68 bits per heavy atom. The van der Waals surface area contributed by atoms with Gasteiger partial charge < -0.3 is 0 Å². The second kappa shape index (κ2) is 11.4. The molecule has 0 aliphatic rings. The first-order valence-corrected chi connectivity index (χ1v) is 7.42. The summed E-state index contributed by atoms with van der Waals surface area (Å²) in [6.45, 7) is 1.08. The molecule has 0 aliphatic carbocycles. The van der Waals surface area contributed by atoms with Gasteiger partial charge in [0, 0.05) is 9.82 Å². The summed E-state index contributed by atoms with van der Waals surface area (Å²) in [5.74, 6) is 0. The van der Waals surface area contributed by atoms with E-state index in [1.54, 1.807) is 12.1 Å². The molecule has 1 aromatic carbocycles. The summed E-state index contributed by atoms with van der Waals surface area (Å²) >= 11 is 0. The summed E-state index contributed by atoms with van der Waals surface area (Å²) in [6.07, 6.45) is 0. The average Bonchev–Trinajstić information content (AvgIpc) is 2.50. The molecular weight excluding hydrogens is 314 g/mol. The minimum Gasteiger partial charge on any atom is -0.266 e. The SMILES string of the molecule is Cc1ccc(S(=O)(=O)OCCN=[N+]=[N-])cc1.[N-]=[N+]=NCC[18F]. The van der Waals surface area contributed by atoms with E-state index in [0.717, 1.165) is 5.56 Å². The summed E-state index contributed by atoms with van der Waals surface area (Å²) in [4.78, 5) is 4.90. The monoisotopic (exact) mass is 329 g/mol. The fourth-order valence-electron chi connectivity index (χ4n) is 1.09. The van der Waals surface area contributed by atoms with E-state index < -0.39 is 16.8 Å². The van der Waals surface area contributed by atoms with Crippen LogP contribution in [0.2, 0.25) is 0 Å². The van der Waals surface area contributed by atoms with Crippen molar-refractivity contribution in [2.45, 2.75) is 11.8 Å². The van der Waals surface area contributed by atoms with Crippen molar-refractivity contribution in [3.8, 4) is 0 Å². The van der Waals surface area contributed by atoms with E-state index in [2.05, 4.69) is 24.2 Å². The molecule has 0 heterocycles. The molecule has 1 rings (SSSR count). The van der Waals surface area contributed by atoms with Gasteiger partial charge >= 0.3 is 0 Å². The zero-order chi connectivity index (χ0) is 16.8. The highest BCUT2D eigenvalue weighted by Gasteiger charge is 2.13. The van der Waals surface area contributed by atoms with Gasteiger partial charge in [-0.25, -0.2) is 0 Å². The number of halogens is 1. The lowest BCUT2D eigenvalue weighted by Gasteiger charge is -2.04. The third-order valence-corrected chi connectivity index (χ3v) is 3.38. The smallest absolute Gasteiger partial charge is 0.266 e. The first kappa shape index (κ1) is 19.7. The molecule has 0 amide bonds. The number of benzene rings is 1. The Balaban J connectivity index is 0.000000626. The summed E-state index contributed by atoms with van der Waals surface area (Å²) < 4.78 is 38.7. The van der Waals surface area contributed by atoms with E-state index in [4.69, 9.17) is 11.1 Å². The number of aryl methyl sites for hydroxylation is 1. The maximum absolute atomic E-state index is 11.5. The van der Waals surface area contributed by atoms with E-state index in [1.807, 2.05) is 6.92 Å². The number of hydrogen-bond donors (Lipinski definition) is 0. The standard InChI is InChI=1S/C9H11N3O3S.C2H4FN3/c1-8-2-4-9(5-3-8)16(13,14)15-7-6-11-12-10;3-1-2-5-6-4/h2-5H,6-7H2,1H3;1-2H2/i;3-1. The van der Waals surface area contributed by atoms with E-state index in [1.165, 1.54) is 12.1 Å². The summed E-state index contributed by atoms with van der Waals surface area (Å²) in [6, 6.07) is 6.31. The Hall–Kier alpha value is -2.32. The molecule has 0 atom stereocenters. The predicted molar refractivity (Wildman–Crippen MR) is 78.3 cm³/mol. The zero-order valence-electron chi connectivity index (χ0n) is 11.8. The summed E-state index contributed by atoms with van der Waals surface area (Å²) in [5, 5.41) is 6.07. The molecule has 0 aliphatic heterocycles. The molecule has 11 heteroatoms. The molecule has 0 aromatic heterocycles. The minimum absolute atomic E-state index is 0.0123. The summed E-state index contributed by atoms with van der Waals surface area (Å²) in [7, 11) is -3.74. The highest BCUT2D eigenvalue weighted by atomic mass is 32.2. The van der Waals surface area contributed by atoms with Crippen LogP contribution in [0.25, 0.3) is 20.9 Å². The van der Waals surface area contributed by atoms with Crippen LogP contribution in [-0.2, 0) is 14.3 Å². The molecule has 0 saturated carbocycles. The number of hydrogen-bond acceptors (Lipinski definition) is 5. The van der Waals surface area contributed by atoms with Gasteiger partial charge in [-0.2, -0.15) is 8.42 Å². The molecule has 0 fully saturated rings. The van der Waals surface area contributed by atoms with Crippen LogP contribution in [-0.4, -0.2) is 34.8 Å². The topological polar surface area (TPSA) is 141 Å². The molecule has 22 heavy (non-hydrogen) atoms. The third-order valence-electron chi connectivity index (χ3n) is 2.05. The fourth-order valence-corrected chi connectivity index (χ4v) is 1.99. The quantitative estimate of drug-likeness (QED) is 0.249. The van der Waals surface area contributed by atoms with Crippen LogP contribution in [0.5, 0.6) is 0 Å². The average molecular weight is 329 g/mol. The number of rotatable bonds is 7. The lowest BCUT2D eigenvalue weighted by molar-refractivity contribution is 0.327. The number of alkyl halides is 1. The minimum atomic E-state index is -3.74. The van der Waals surface area contributed by atoms with Crippen molar-refractivity contribution in [3.05, 3.63) is 50.7 Å². The first-order chi connectivity index (χ1) is 10.5. The van der Waals surface area contributed by atoms with Gasteiger partial charge in [-0.15, -0.1) is 0 Å². The van der Waals surface area contributed by atoms with Crippen molar-refractivity contribution in [2.24, 2.45) is 10.2 Å². The van der Waals surface area contributed by atoms with Crippen LogP contribution in [0.1, 0.15) is 5.56 Å². The van der Waals surface area contributed by atoms with Crippen LogP contribution in [0.15, 0.2) is 39.4 Å². The van der Waals surface area contributed by atoms with Gasteiger partial charge in [-0.1, -0.05) is 27.9 Å². The van der Waals surface area contributed by atoms with E-state index in [9.17, 15) is 12.8 Å². The third kappa shape index (κ3) is 8.77. The van der Waals surface area contributed by atoms with Gasteiger partial charge in [0.05, 0.1) is 31.3 Å². The second-order valence-corrected chi connectivity index (χ2v) is 5.30. The van der Waals surface area contributed by atoms with Gasteiger partial charge in [0.25, 0.3) is 10.1 Å². The van der Waals surface area contributed by atoms with Gasteiger partial charge in [0.1, 0.15) is 0 Å². The van der Waals surface area contributed by atoms with Crippen LogP contribution < -0.4 is 0 Å². The molecule has 0 saturated heterocycles. The van der Waals surface area contributed by atoms with Crippen molar-refractivity contribution < 1.29 is 17.0 Å². The Kier molecular flexibility index (Phi) is 10.2. The van der Waals surface area contributed by atoms with E-state index in [0.29, 0.717) is 0 Å². The molecule has 0 N–H and O–H groups in total. The Morgan fingerprint density at radius 1 is 1.14 bits per heavy atom. The van der Waals surface area contributed by atoms with Gasteiger partial charge in [0.15, 0.2) is 0 Å². The van der Waals surface area contributed by atoms with Crippen molar-refractivity contribution in [2.75, 3.05) is 26.4 Å². The lowest BCUT2D eigenvalue weighted by atomic mass is 10.2. The van der Waals surface area contributed by atoms with Crippen LogP contribution >= 0.6 is 0 Å². The highest BCUT2D eigenvalue weighted by molar-refractivity contribution is 7.86. The van der Waals surface area contributed by atoms with E-state index in [-0.39, 0.29) is 24.6 Å². The lowest BCUT2D eigenvalue weighted by Crippen LogP contribution is -2.09. The van der Waals surface area contributed by atoms with Gasteiger partial charge in [-0.3, -0.25) is 8.57 Å². The van der Waals surface area contributed by atoms with Crippen molar-refractivity contribution in [1.82, 2.24) is 0 Å². The van der Waals surface area contributed by atoms with Gasteiger partial charge in [0.2, 0.25) is 0 Å². The zero-order valence-corrected chi connectivity index (χ0v) is 12.6. The Morgan fingerprint density at radius 3 is 2.14 bits per heavy atom. The number of nitrogens with zero attached hydrogens (tertiary/aromatic N) is 6. The maximum Gasteiger partial charge on any atom is 0.296 e. The molecule has 0 bridgehead atoms. The highest BCUT2D eigenvalue weighted by Crippen LogP contribution is 2.12. The predicted octanol–water partition coefficient (Wildman–Crippen LogP) is 3.28. The normalized spacial score (nSPS) is 9.73.